The number of Topliss-reactive ketones (excluding diaryl/α,β-unsaturated/α-hetero) is 1. The molecular weight excluding hydrogens is 864 g/mol. The average molecular weight is 908 g/mol. The van der Waals surface area contributed by atoms with Crippen LogP contribution in [0.3, 0.4) is 0 Å². The normalized spacial score (nSPS) is 12.8. The SMILES string of the molecule is CC(C)C(=O)CCc1ccc(C(=O)N2Cc3cnn(C)c3Cc3cc(Cl)ccc32)cc1Cl.Cl.Cn1ncc2c1Cc1cc(Cl)ccc1N(C(=O)c1ccc(CN)c(Cl)c1)C2. The Morgan fingerprint density at radius 3 is 1.52 bits per heavy atom. The van der Waals surface area contributed by atoms with Gasteiger partial charge in [0.05, 0.1) is 25.5 Å². The fraction of sp³-hybridized carbons (Fsp3) is 0.267. The molecule has 0 aliphatic carbocycles. The predicted molar refractivity (Wildman–Crippen MR) is 242 cm³/mol. The number of hydrogen-bond acceptors (Lipinski definition) is 6. The lowest BCUT2D eigenvalue weighted by atomic mass is 10.00. The molecule has 6 aromatic rings. The van der Waals surface area contributed by atoms with Crippen LogP contribution in [0.4, 0.5) is 11.4 Å². The Balaban J connectivity index is 0.000000200. The Kier molecular flexibility index (Phi) is 14.2. The van der Waals surface area contributed by atoms with E-state index >= 15 is 0 Å². The van der Waals surface area contributed by atoms with Gasteiger partial charge in [-0.25, -0.2) is 0 Å². The maximum atomic E-state index is 13.6. The molecule has 0 spiro atoms. The van der Waals surface area contributed by atoms with Crippen LogP contribution in [0, 0.1) is 5.92 Å². The number of carbonyl (C=O) groups is 3. The van der Waals surface area contributed by atoms with Crippen molar-refractivity contribution in [1.29, 1.82) is 0 Å². The number of ketones is 1. The monoisotopic (exact) mass is 905 g/mol. The molecule has 0 unspecified atom stereocenters. The van der Waals surface area contributed by atoms with Crippen molar-refractivity contribution in [3.8, 4) is 0 Å². The molecule has 0 saturated heterocycles. The number of amides is 2. The van der Waals surface area contributed by atoms with E-state index in [0.717, 1.165) is 56.1 Å². The molecule has 8 rings (SSSR count). The number of rotatable bonds is 7. The lowest BCUT2D eigenvalue weighted by Gasteiger charge is -2.23. The molecule has 15 heteroatoms. The van der Waals surface area contributed by atoms with Crippen LogP contribution in [0.15, 0.2) is 85.2 Å². The first-order valence-electron chi connectivity index (χ1n) is 19.2. The molecule has 4 heterocycles. The zero-order valence-corrected chi connectivity index (χ0v) is 37.4. The van der Waals surface area contributed by atoms with Crippen molar-refractivity contribution in [2.24, 2.45) is 25.7 Å². The number of nitrogens with zero attached hydrogens (tertiary/aromatic N) is 6. The maximum Gasteiger partial charge on any atom is 0.258 e. The summed E-state index contributed by atoms with van der Waals surface area (Å²) >= 11 is 25.2. The van der Waals surface area contributed by atoms with E-state index in [1.54, 1.807) is 52.3 Å². The Bertz CT molecular complexity index is 2600. The zero-order valence-electron chi connectivity index (χ0n) is 33.5. The van der Waals surface area contributed by atoms with Gasteiger partial charge in [0.25, 0.3) is 11.8 Å². The number of carbonyl (C=O) groups excluding carboxylic acids is 3. The number of anilines is 2. The highest BCUT2D eigenvalue weighted by atomic mass is 35.5. The highest BCUT2D eigenvalue weighted by Gasteiger charge is 2.29. The van der Waals surface area contributed by atoms with Gasteiger partial charge in [-0.15, -0.1) is 12.4 Å². The van der Waals surface area contributed by atoms with Crippen LogP contribution in [0.2, 0.25) is 20.1 Å². The molecular formula is C45H44Cl5N7O3. The van der Waals surface area contributed by atoms with Gasteiger partial charge in [0.2, 0.25) is 0 Å². The number of benzene rings is 4. The van der Waals surface area contributed by atoms with Crippen molar-refractivity contribution >= 4 is 87.8 Å². The summed E-state index contributed by atoms with van der Waals surface area (Å²) in [5, 5.41) is 11.0. The molecule has 4 aromatic carbocycles. The van der Waals surface area contributed by atoms with Crippen LogP contribution in [0.25, 0.3) is 0 Å². The summed E-state index contributed by atoms with van der Waals surface area (Å²) in [6.45, 7) is 4.97. The van der Waals surface area contributed by atoms with Gasteiger partial charge in [-0.1, -0.05) is 72.4 Å². The lowest BCUT2D eigenvalue weighted by molar-refractivity contribution is -0.121. The minimum absolute atomic E-state index is 0. The van der Waals surface area contributed by atoms with Crippen molar-refractivity contribution in [2.75, 3.05) is 9.80 Å². The Morgan fingerprint density at radius 2 is 1.10 bits per heavy atom. The summed E-state index contributed by atoms with van der Waals surface area (Å²) < 4.78 is 3.69. The van der Waals surface area contributed by atoms with Crippen molar-refractivity contribution < 1.29 is 14.4 Å². The van der Waals surface area contributed by atoms with Crippen molar-refractivity contribution in [1.82, 2.24) is 19.6 Å². The number of hydrogen-bond donors (Lipinski definition) is 1. The van der Waals surface area contributed by atoms with Gasteiger partial charge in [0.15, 0.2) is 0 Å². The van der Waals surface area contributed by atoms with Crippen LogP contribution >= 0.6 is 58.8 Å². The second-order valence-electron chi connectivity index (χ2n) is 15.1. The standard InChI is InChI=1S/C25H25Cl2N3O2.C20H18Cl2N4O.ClH/c1-15(2)24(31)9-6-16-4-5-17(11-21(16)27)25(32)30-14-19-13-28-29(3)23(19)12-18-10-20(26)7-8-22(18)30;1-25-19-8-14-6-16(21)4-5-18(14)26(11-15(19)10-24-25)20(27)12-2-3-13(9-23)17(22)7-12;/h4-5,7-8,10-11,13,15H,6,9,12,14H2,1-3H3;2-7,10H,8-9,11,23H2,1H3;1H. The van der Waals surface area contributed by atoms with Gasteiger partial charge < -0.3 is 15.5 Å². The highest BCUT2D eigenvalue weighted by molar-refractivity contribution is 6.32. The number of aryl methyl sites for hydroxylation is 3. The predicted octanol–water partition coefficient (Wildman–Crippen LogP) is 9.99. The zero-order chi connectivity index (χ0) is 42.1. The minimum Gasteiger partial charge on any atom is -0.326 e. The number of fused-ring (bicyclic) bond motifs is 4. The van der Waals surface area contributed by atoms with E-state index in [4.69, 9.17) is 52.1 Å². The summed E-state index contributed by atoms with van der Waals surface area (Å²) in [6, 6.07) is 21.8. The van der Waals surface area contributed by atoms with Gasteiger partial charge in [-0.05, 0) is 89.3 Å². The molecule has 2 aromatic heterocycles. The summed E-state index contributed by atoms with van der Waals surface area (Å²) in [5.74, 6) is -0.0605. The van der Waals surface area contributed by atoms with Gasteiger partial charge in [-0.3, -0.25) is 23.7 Å². The average Bonchev–Trinajstić information content (AvgIpc) is 3.61. The highest BCUT2D eigenvalue weighted by Crippen LogP contribution is 2.36. The van der Waals surface area contributed by atoms with Crippen molar-refractivity contribution in [3.63, 3.8) is 0 Å². The molecule has 0 radical (unpaired) electrons. The van der Waals surface area contributed by atoms with E-state index in [2.05, 4.69) is 10.2 Å². The Hall–Kier alpha value is -4.68. The van der Waals surface area contributed by atoms with E-state index in [0.29, 0.717) is 76.5 Å². The molecule has 2 aliphatic heterocycles. The molecule has 60 heavy (non-hydrogen) atoms. The largest absolute Gasteiger partial charge is 0.326 e. The summed E-state index contributed by atoms with van der Waals surface area (Å²) in [7, 11) is 3.81. The van der Waals surface area contributed by atoms with E-state index in [1.165, 1.54) is 0 Å². The first kappa shape index (κ1) is 44.9. The molecule has 10 nitrogen and oxygen atoms in total. The minimum atomic E-state index is -0.142. The molecule has 312 valence electrons. The first-order valence-corrected chi connectivity index (χ1v) is 20.7. The third-order valence-electron chi connectivity index (χ3n) is 10.9. The van der Waals surface area contributed by atoms with E-state index in [1.807, 2.05) is 80.0 Å². The molecule has 0 saturated carbocycles. The van der Waals surface area contributed by atoms with Gasteiger partial charge in [0.1, 0.15) is 5.78 Å². The number of halogens is 5. The van der Waals surface area contributed by atoms with Gasteiger partial charge in [0, 0.05) is 111 Å². The molecule has 2 aliphatic rings. The Labute approximate surface area is 375 Å². The molecule has 2 amide bonds. The maximum absolute atomic E-state index is 13.6. The van der Waals surface area contributed by atoms with Gasteiger partial charge in [-0.2, -0.15) is 10.2 Å². The van der Waals surface area contributed by atoms with Crippen LogP contribution in [0.1, 0.15) is 85.8 Å². The van der Waals surface area contributed by atoms with Crippen molar-refractivity contribution in [3.05, 3.63) is 161 Å². The van der Waals surface area contributed by atoms with E-state index < -0.39 is 0 Å². The molecule has 0 atom stereocenters. The number of aromatic nitrogens is 4. The topological polar surface area (TPSA) is 119 Å². The second-order valence-corrected chi connectivity index (χ2v) is 16.8. The molecule has 0 bridgehead atoms. The van der Waals surface area contributed by atoms with Crippen LogP contribution < -0.4 is 15.5 Å². The van der Waals surface area contributed by atoms with Crippen LogP contribution in [-0.4, -0.2) is 37.2 Å². The summed E-state index contributed by atoms with van der Waals surface area (Å²) in [5.41, 5.74) is 16.2. The fourth-order valence-corrected chi connectivity index (χ4v) is 8.40. The third-order valence-corrected chi connectivity index (χ3v) is 12.1. The first-order chi connectivity index (χ1) is 28.2. The van der Waals surface area contributed by atoms with Gasteiger partial charge >= 0.3 is 0 Å². The lowest BCUT2D eigenvalue weighted by Crippen LogP contribution is -2.30. The van der Waals surface area contributed by atoms with E-state index in [9.17, 15) is 14.4 Å². The summed E-state index contributed by atoms with van der Waals surface area (Å²) in [6.07, 6.45) is 5.94. The Morgan fingerprint density at radius 1 is 0.650 bits per heavy atom. The number of nitrogens with two attached hydrogens (primary N) is 1. The quantitative estimate of drug-likeness (QED) is 0.170. The third kappa shape index (κ3) is 9.44. The molecule has 0 fully saturated rings. The van der Waals surface area contributed by atoms with Crippen molar-refractivity contribution in [2.45, 2.75) is 59.2 Å². The van der Waals surface area contributed by atoms with E-state index in [-0.39, 0.29) is 35.9 Å². The smallest absolute Gasteiger partial charge is 0.258 e. The van der Waals surface area contributed by atoms with Crippen LogP contribution in [0.5, 0.6) is 0 Å². The molecule has 2 N–H and O–H groups in total. The fourth-order valence-electron chi connectivity index (χ4n) is 7.48. The second kappa shape index (κ2) is 18.9. The van der Waals surface area contributed by atoms with Crippen LogP contribution in [-0.2, 0) is 57.8 Å². The summed E-state index contributed by atoms with van der Waals surface area (Å²) in [4.78, 5) is 42.4.